The quantitative estimate of drug-likeness (QED) is 0.763. The Morgan fingerprint density at radius 2 is 1.77 bits per heavy atom. The zero-order chi connectivity index (χ0) is 18.4. The SMILES string of the molecule is CCCCCNc1cc(C)nc(N2CCN(c3ccccc3F)CC2)n1. The molecule has 0 unspecified atom stereocenters. The van der Waals surface area contributed by atoms with Crippen LogP contribution < -0.4 is 15.1 Å². The number of hydrogen-bond acceptors (Lipinski definition) is 5. The van der Waals surface area contributed by atoms with Gasteiger partial charge >= 0.3 is 0 Å². The highest BCUT2D eigenvalue weighted by Crippen LogP contribution is 2.22. The first kappa shape index (κ1) is 18.4. The Bertz CT molecular complexity index is 713. The molecule has 0 amide bonds. The van der Waals surface area contributed by atoms with Crippen molar-refractivity contribution in [3.8, 4) is 0 Å². The molecule has 3 rings (SSSR count). The summed E-state index contributed by atoms with van der Waals surface area (Å²) in [6.45, 7) is 8.23. The third-order valence-electron chi connectivity index (χ3n) is 4.68. The van der Waals surface area contributed by atoms with Gasteiger partial charge in [-0.25, -0.2) is 9.37 Å². The average Bonchev–Trinajstić information content (AvgIpc) is 2.65. The van der Waals surface area contributed by atoms with Crippen molar-refractivity contribution in [3.63, 3.8) is 0 Å². The van der Waals surface area contributed by atoms with Crippen LogP contribution in [-0.4, -0.2) is 42.7 Å². The minimum atomic E-state index is -0.161. The van der Waals surface area contributed by atoms with Gasteiger partial charge in [-0.1, -0.05) is 31.9 Å². The Morgan fingerprint density at radius 1 is 1.04 bits per heavy atom. The van der Waals surface area contributed by atoms with Gasteiger partial charge < -0.3 is 15.1 Å². The molecular weight excluding hydrogens is 329 g/mol. The van der Waals surface area contributed by atoms with Crippen molar-refractivity contribution in [2.24, 2.45) is 0 Å². The van der Waals surface area contributed by atoms with Crippen molar-refractivity contribution in [2.45, 2.75) is 33.1 Å². The third-order valence-corrected chi connectivity index (χ3v) is 4.68. The van der Waals surface area contributed by atoms with Crippen molar-refractivity contribution >= 4 is 17.5 Å². The molecule has 0 aliphatic carbocycles. The van der Waals surface area contributed by atoms with E-state index in [1.54, 1.807) is 6.07 Å². The van der Waals surface area contributed by atoms with Crippen LogP contribution in [0, 0.1) is 12.7 Å². The highest BCUT2D eigenvalue weighted by molar-refractivity contribution is 5.50. The molecule has 0 radical (unpaired) electrons. The molecule has 26 heavy (non-hydrogen) atoms. The molecule has 0 spiro atoms. The summed E-state index contributed by atoms with van der Waals surface area (Å²) < 4.78 is 14.0. The summed E-state index contributed by atoms with van der Waals surface area (Å²) in [5.74, 6) is 1.49. The largest absolute Gasteiger partial charge is 0.370 e. The summed E-state index contributed by atoms with van der Waals surface area (Å²) in [6, 6.07) is 8.95. The number of rotatable bonds is 7. The fourth-order valence-electron chi connectivity index (χ4n) is 3.23. The first-order chi connectivity index (χ1) is 12.7. The summed E-state index contributed by atoms with van der Waals surface area (Å²) in [5, 5.41) is 3.40. The van der Waals surface area contributed by atoms with Gasteiger partial charge in [0.15, 0.2) is 0 Å². The number of benzene rings is 1. The van der Waals surface area contributed by atoms with Gasteiger partial charge in [-0.3, -0.25) is 0 Å². The summed E-state index contributed by atoms with van der Waals surface area (Å²) in [5.41, 5.74) is 1.64. The van der Waals surface area contributed by atoms with Gasteiger partial charge in [0, 0.05) is 44.5 Å². The van der Waals surface area contributed by atoms with Crippen molar-refractivity contribution in [2.75, 3.05) is 47.8 Å². The van der Waals surface area contributed by atoms with Crippen LogP contribution in [0.25, 0.3) is 0 Å². The van der Waals surface area contributed by atoms with Gasteiger partial charge in [-0.2, -0.15) is 4.98 Å². The molecule has 140 valence electrons. The highest BCUT2D eigenvalue weighted by Gasteiger charge is 2.21. The minimum Gasteiger partial charge on any atom is -0.370 e. The second-order valence-electron chi connectivity index (χ2n) is 6.75. The first-order valence-corrected chi connectivity index (χ1v) is 9.51. The molecule has 0 bridgehead atoms. The number of nitrogens with one attached hydrogen (secondary N) is 1. The highest BCUT2D eigenvalue weighted by atomic mass is 19.1. The Kier molecular flexibility index (Phi) is 6.26. The summed E-state index contributed by atoms with van der Waals surface area (Å²) in [4.78, 5) is 13.6. The fourth-order valence-corrected chi connectivity index (χ4v) is 3.23. The second-order valence-corrected chi connectivity index (χ2v) is 6.75. The van der Waals surface area contributed by atoms with Gasteiger partial charge in [0.05, 0.1) is 5.69 Å². The Hall–Kier alpha value is -2.37. The van der Waals surface area contributed by atoms with E-state index in [2.05, 4.69) is 32.0 Å². The smallest absolute Gasteiger partial charge is 0.227 e. The Labute approximate surface area is 155 Å². The average molecular weight is 357 g/mol. The maximum atomic E-state index is 14.0. The van der Waals surface area contributed by atoms with Crippen LogP contribution in [0.3, 0.4) is 0 Å². The molecule has 0 atom stereocenters. The number of piperazine rings is 1. The number of para-hydroxylation sites is 1. The van der Waals surface area contributed by atoms with E-state index in [1.807, 2.05) is 25.1 Å². The Balaban J connectivity index is 1.62. The number of unbranched alkanes of at least 4 members (excludes halogenated alkanes) is 2. The topological polar surface area (TPSA) is 44.3 Å². The van der Waals surface area contributed by atoms with Crippen molar-refractivity contribution in [1.29, 1.82) is 0 Å². The summed E-state index contributed by atoms with van der Waals surface area (Å²) in [7, 11) is 0. The number of hydrogen-bond donors (Lipinski definition) is 1. The lowest BCUT2D eigenvalue weighted by Crippen LogP contribution is -2.47. The summed E-state index contributed by atoms with van der Waals surface area (Å²) >= 11 is 0. The van der Waals surface area contributed by atoms with Gasteiger partial charge in [0.2, 0.25) is 5.95 Å². The minimum absolute atomic E-state index is 0.161. The van der Waals surface area contributed by atoms with Crippen LogP contribution in [0.5, 0.6) is 0 Å². The fraction of sp³-hybridized carbons (Fsp3) is 0.500. The maximum Gasteiger partial charge on any atom is 0.227 e. The van der Waals surface area contributed by atoms with Gasteiger partial charge in [-0.15, -0.1) is 0 Å². The van der Waals surface area contributed by atoms with E-state index in [9.17, 15) is 4.39 Å². The molecule has 1 fully saturated rings. The number of halogens is 1. The predicted octanol–water partition coefficient (Wildman–Crippen LogP) is 3.85. The molecule has 2 heterocycles. The zero-order valence-corrected chi connectivity index (χ0v) is 15.7. The molecule has 1 aliphatic rings. The molecule has 6 heteroatoms. The van der Waals surface area contributed by atoms with Crippen molar-refractivity contribution in [1.82, 2.24) is 9.97 Å². The molecule has 0 saturated carbocycles. The lowest BCUT2D eigenvalue weighted by atomic mass is 10.2. The van der Waals surface area contributed by atoms with Crippen LogP contribution in [0.2, 0.25) is 0 Å². The molecule has 1 aromatic heterocycles. The zero-order valence-electron chi connectivity index (χ0n) is 15.7. The number of aromatic nitrogens is 2. The van der Waals surface area contributed by atoms with E-state index in [-0.39, 0.29) is 5.82 Å². The van der Waals surface area contributed by atoms with E-state index in [4.69, 9.17) is 0 Å². The van der Waals surface area contributed by atoms with Crippen LogP contribution in [0.15, 0.2) is 30.3 Å². The number of aryl methyl sites for hydroxylation is 1. The monoisotopic (exact) mass is 357 g/mol. The van der Waals surface area contributed by atoms with E-state index in [1.165, 1.54) is 18.9 Å². The molecule has 5 nitrogen and oxygen atoms in total. The molecule has 1 saturated heterocycles. The van der Waals surface area contributed by atoms with Gasteiger partial charge in [-0.05, 0) is 25.5 Å². The molecular formula is C20H28FN5. The number of nitrogens with zero attached hydrogens (tertiary/aromatic N) is 4. The molecule has 1 aromatic carbocycles. The standard InChI is InChI=1S/C20H28FN5/c1-3-4-7-10-22-19-15-16(2)23-20(24-19)26-13-11-25(12-14-26)18-9-6-5-8-17(18)21/h5-6,8-9,15H,3-4,7,10-14H2,1-2H3,(H,22,23,24). The van der Waals surface area contributed by atoms with E-state index < -0.39 is 0 Å². The second kappa shape index (κ2) is 8.83. The molecule has 1 N–H and O–H groups in total. The Morgan fingerprint density at radius 3 is 2.50 bits per heavy atom. The lowest BCUT2D eigenvalue weighted by Gasteiger charge is -2.36. The lowest BCUT2D eigenvalue weighted by molar-refractivity contribution is 0.594. The van der Waals surface area contributed by atoms with Crippen LogP contribution in [0.4, 0.5) is 21.8 Å². The summed E-state index contributed by atoms with van der Waals surface area (Å²) in [6.07, 6.45) is 3.58. The molecule has 1 aliphatic heterocycles. The van der Waals surface area contributed by atoms with Gasteiger partial charge in [0.1, 0.15) is 11.6 Å². The van der Waals surface area contributed by atoms with Crippen LogP contribution in [-0.2, 0) is 0 Å². The first-order valence-electron chi connectivity index (χ1n) is 9.51. The van der Waals surface area contributed by atoms with E-state index in [0.29, 0.717) is 5.69 Å². The van der Waals surface area contributed by atoms with Crippen LogP contribution >= 0.6 is 0 Å². The predicted molar refractivity (Wildman–Crippen MR) is 106 cm³/mol. The number of anilines is 3. The van der Waals surface area contributed by atoms with Crippen molar-refractivity contribution < 1.29 is 4.39 Å². The van der Waals surface area contributed by atoms with Crippen molar-refractivity contribution in [3.05, 3.63) is 41.8 Å². The molecule has 2 aromatic rings. The maximum absolute atomic E-state index is 14.0. The van der Waals surface area contributed by atoms with Crippen LogP contribution in [0.1, 0.15) is 31.9 Å². The van der Waals surface area contributed by atoms with Gasteiger partial charge in [0.25, 0.3) is 0 Å². The third kappa shape index (κ3) is 4.62. The normalized spacial score (nSPS) is 14.6. The van der Waals surface area contributed by atoms with E-state index in [0.717, 1.165) is 56.6 Å². The van der Waals surface area contributed by atoms with E-state index >= 15 is 0 Å².